The monoisotopic (exact) mass is 504 g/mol. The van der Waals surface area contributed by atoms with Crippen LogP contribution in [-0.2, 0) is 15.0 Å². The molecule has 0 aliphatic carbocycles. The van der Waals surface area contributed by atoms with Gasteiger partial charge in [0.25, 0.3) is 11.7 Å². The zero-order chi connectivity index (χ0) is 27.2. The van der Waals surface area contributed by atoms with E-state index < -0.39 is 45.7 Å². The third-order valence-corrected chi connectivity index (χ3v) is 6.42. The molecule has 0 bridgehead atoms. The zero-order valence-corrected chi connectivity index (χ0v) is 20.7. The Bertz CT molecular complexity index is 1470. The summed E-state index contributed by atoms with van der Waals surface area (Å²) in [6, 6.07) is 12.5. The van der Waals surface area contributed by atoms with E-state index >= 15 is 0 Å². The van der Waals surface area contributed by atoms with E-state index in [9.17, 15) is 34.3 Å². The first-order valence-electron chi connectivity index (χ1n) is 11.5. The number of halogens is 1. The van der Waals surface area contributed by atoms with Gasteiger partial charge in [-0.15, -0.1) is 0 Å². The van der Waals surface area contributed by atoms with Gasteiger partial charge in [0.1, 0.15) is 11.6 Å². The number of aliphatic hydroxyl groups is 1. The van der Waals surface area contributed by atoms with Crippen LogP contribution in [0.5, 0.6) is 5.75 Å². The second-order valence-corrected chi connectivity index (χ2v) is 9.93. The number of nitro groups is 1. The number of rotatable bonds is 4. The van der Waals surface area contributed by atoms with Crippen molar-refractivity contribution in [3.8, 4) is 5.75 Å². The Morgan fingerprint density at radius 1 is 1.03 bits per heavy atom. The molecule has 37 heavy (non-hydrogen) atoms. The van der Waals surface area contributed by atoms with Gasteiger partial charge < -0.3 is 10.2 Å². The Morgan fingerprint density at radius 3 is 2.27 bits per heavy atom. The van der Waals surface area contributed by atoms with Gasteiger partial charge >= 0.3 is 5.69 Å². The van der Waals surface area contributed by atoms with Crippen LogP contribution in [0.3, 0.4) is 0 Å². The predicted octanol–water partition coefficient (Wildman–Crippen LogP) is 5.67. The Hall–Kier alpha value is -4.53. The number of benzene rings is 3. The first kappa shape index (κ1) is 25.6. The molecular formula is C28H25FN2O6. The molecule has 1 amide bonds. The maximum Gasteiger partial charge on any atom is 0.311 e. The van der Waals surface area contributed by atoms with Crippen LogP contribution in [-0.4, -0.2) is 26.8 Å². The second-order valence-electron chi connectivity index (χ2n) is 9.93. The summed E-state index contributed by atoms with van der Waals surface area (Å²) < 4.78 is 13.6. The van der Waals surface area contributed by atoms with Gasteiger partial charge in [0, 0.05) is 17.3 Å². The molecule has 1 unspecified atom stereocenters. The minimum atomic E-state index is -1.28. The van der Waals surface area contributed by atoms with Crippen LogP contribution in [0.2, 0.25) is 0 Å². The fourth-order valence-corrected chi connectivity index (χ4v) is 4.36. The van der Waals surface area contributed by atoms with Gasteiger partial charge in [-0.25, -0.2) is 4.39 Å². The lowest BCUT2D eigenvalue weighted by Crippen LogP contribution is -2.29. The van der Waals surface area contributed by atoms with Crippen molar-refractivity contribution in [2.45, 2.75) is 39.2 Å². The topological polar surface area (TPSA) is 121 Å². The van der Waals surface area contributed by atoms with E-state index in [-0.39, 0.29) is 22.2 Å². The number of nitrogens with zero attached hydrogens (tertiary/aromatic N) is 2. The second kappa shape index (κ2) is 9.16. The number of phenolic OH excluding ortho intramolecular Hbond substituents is 1. The van der Waals surface area contributed by atoms with E-state index in [2.05, 4.69) is 0 Å². The highest BCUT2D eigenvalue weighted by Gasteiger charge is 2.47. The molecule has 3 aromatic carbocycles. The maximum absolute atomic E-state index is 13.6. The van der Waals surface area contributed by atoms with Gasteiger partial charge in [-0.3, -0.25) is 24.6 Å². The number of phenols is 1. The van der Waals surface area contributed by atoms with Crippen molar-refractivity contribution in [2.24, 2.45) is 0 Å². The number of amides is 1. The van der Waals surface area contributed by atoms with Gasteiger partial charge in [0.2, 0.25) is 0 Å². The molecule has 4 rings (SSSR count). The molecule has 190 valence electrons. The van der Waals surface area contributed by atoms with Gasteiger partial charge in [0.15, 0.2) is 5.75 Å². The number of hydrogen-bond donors (Lipinski definition) is 2. The predicted molar refractivity (Wildman–Crippen MR) is 136 cm³/mol. The summed E-state index contributed by atoms with van der Waals surface area (Å²) in [5.41, 5.74) is 0.945. The molecule has 3 aromatic rings. The van der Waals surface area contributed by atoms with Crippen molar-refractivity contribution >= 4 is 28.8 Å². The number of ketones is 1. The van der Waals surface area contributed by atoms with Crippen LogP contribution in [0.15, 0.2) is 66.2 Å². The normalized spacial score (nSPS) is 17.3. The van der Waals surface area contributed by atoms with Crippen molar-refractivity contribution < 1.29 is 29.1 Å². The van der Waals surface area contributed by atoms with E-state index in [0.717, 1.165) is 34.7 Å². The third kappa shape index (κ3) is 4.55. The van der Waals surface area contributed by atoms with Gasteiger partial charge in [-0.05, 0) is 65.4 Å². The highest BCUT2D eigenvalue weighted by atomic mass is 19.1. The van der Waals surface area contributed by atoms with E-state index in [1.54, 1.807) is 19.1 Å². The van der Waals surface area contributed by atoms with E-state index in [0.29, 0.717) is 11.1 Å². The van der Waals surface area contributed by atoms with Gasteiger partial charge in [-0.2, -0.15) is 0 Å². The first-order chi connectivity index (χ1) is 17.3. The van der Waals surface area contributed by atoms with Crippen LogP contribution in [0.4, 0.5) is 15.8 Å². The Labute approximate surface area is 212 Å². The maximum atomic E-state index is 13.6. The van der Waals surface area contributed by atoms with Crippen molar-refractivity contribution in [2.75, 3.05) is 4.90 Å². The van der Waals surface area contributed by atoms with Crippen molar-refractivity contribution in [1.82, 2.24) is 0 Å². The Kier molecular flexibility index (Phi) is 6.33. The molecular weight excluding hydrogens is 479 g/mol. The molecule has 1 fully saturated rings. The standard InChI is InChI=1S/C28H25FN2O6/c1-15-5-7-17(28(2,3)4)14-20(15)25(33)23-24(16-6-12-22(32)21(13-16)31(36)37)30(27(35)26(23)34)19-10-8-18(29)9-11-19/h5-14,24,32-33H,1-4H3/b25-23+. The number of hydrogen-bond acceptors (Lipinski definition) is 6. The molecule has 0 aromatic heterocycles. The number of carbonyl (C=O) groups is 2. The van der Waals surface area contributed by atoms with Crippen molar-refractivity contribution in [3.63, 3.8) is 0 Å². The minimum absolute atomic E-state index is 0.110. The number of aryl methyl sites for hydroxylation is 1. The molecule has 0 saturated carbocycles. The lowest BCUT2D eigenvalue weighted by molar-refractivity contribution is -0.385. The highest BCUT2D eigenvalue weighted by molar-refractivity contribution is 6.51. The van der Waals surface area contributed by atoms with Crippen LogP contribution in [0.1, 0.15) is 49.1 Å². The summed E-state index contributed by atoms with van der Waals surface area (Å²) in [5, 5.41) is 33.0. The molecule has 9 heteroatoms. The molecule has 1 aliphatic rings. The largest absolute Gasteiger partial charge is 0.507 e. The number of aliphatic hydroxyl groups excluding tert-OH is 1. The minimum Gasteiger partial charge on any atom is -0.507 e. The molecule has 1 aliphatic heterocycles. The molecule has 1 heterocycles. The quantitative estimate of drug-likeness (QED) is 0.155. The molecule has 0 spiro atoms. The summed E-state index contributed by atoms with van der Waals surface area (Å²) in [4.78, 5) is 38.4. The van der Waals surface area contributed by atoms with Gasteiger partial charge in [-0.1, -0.05) is 39.0 Å². The zero-order valence-electron chi connectivity index (χ0n) is 20.7. The van der Waals surface area contributed by atoms with E-state index in [1.165, 1.54) is 18.2 Å². The Balaban J connectivity index is 2.02. The average Bonchev–Trinajstić information content (AvgIpc) is 3.09. The van der Waals surface area contributed by atoms with Crippen LogP contribution in [0, 0.1) is 22.9 Å². The summed E-state index contributed by atoms with van der Waals surface area (Å²) in [6.07, 6.45) is 0. The molecule has 0 radical (unpaired) electrons. The lowest BCUT2D eigenvalue weighted by Gasteiger charge is -2.26. The molecule has 8 nitrogen and oxygen atoms in total. The van der Waals surface area contributed by atoms with Crippen LogP contribution >= 0.6 is 0 Å². The number of carbonyl (C=O) groups excluding carboxylic acids is 2. The summed E-state index contributed by atoms with van der Waals surface area (Å²) in [6.45, 7) is 7.72. The van der Waals surface area contributed by atoms with E-state index in [4.69, 9.17) is 0 Å². The number of anilines is 1. The summed E-state index contributed by atoms with van der Waals surface area (Å²) in [7, 11) is 0. The highest BCUT2D eigenvalue weighted by Crippen LogP contribution is 2.44. The van der Waals surface area contributed by atoms with E-state index in [1.807, 2.05) is 26.8 Å². The van der Waals surface area contributed by atoms with Crippen molar-refractivity contribution in [3.05, 3.63) is 104 Å². The fourth-order valence-electron chi connectivity index (χ4n) is 4.36. The molecule has 1 atom stereocenters. The molecule has 2 N–H and O–H groups in total. The fraction of sp³-hybridized carbons (Fsp3) is 0.214. The number of nitro benzene ring substituents is 1. The Morgan fingerprint density at radius 2 is 1.68 bits per heavy atom. The smallest absolute Gasteiger partial charge is 0.311 e. The number of aromatic hydroxyl groups is 1. The average molecular weight is 505 g/mol. The third-order valence-electron chi connectivity index (χ3n) is 6.42. The lowest BCUT2D eigenvalue weighted by atomic mass is 9.84. The van der Waals surface area contributed by atoms with Gasteiger partial charge in [0.05, 0.1) is 16.5 Å². The summed E-state index contributed by atoms with van der Waals surface area (Å²) >= 11 is 0. The van der Waals surface area contributed by atoms with Crippen molar-refractivity contribution in [1.29, 1.82) is 0 Å². The van der Waals surface area contributed by atoms with Crippen LogP contribution in [0.25, 0.3) is 5.76 Å². The number of Topliss-reactive ketones (excluding diaryl/α,β-unsaturated/α-hetero) is 1. The molecule has 1 saturated heterocycles. The first-order valence-corrected chi connectivity index (χ1v) is 11.5. The summed E-state index contributed by atoms with van der Waals surface area (Å²) in [5.74, 6) is -3.58. The van der Waals surface area contributed by atoms with Crippen LogP contribution < -0.4 is 4.90 Å². The SMILES string of the molecule is Cc1ccc(C(C)(C)C)cc1/C(O)=C1\C(=O)C(=O)N(c2ccc(F)cc2)C1c1ccc(O)c([N+](=O)[O-])c1.